The number of hydrazone groups is 1. The van der Waals surface area contributed by atoms with Gasteiger partial charge in [-0.25, -0.2) is 0 Å². The van der Waals surface area contributed by atoms with Crippen molar-refractivity contribution in [2.75, 3.05) is 7.05 Å². The lowest BCUT2D eigenvalue weighted by molar-refractivity contribution is -0.560. The molecule has 0 aromatic heterocycles. The predicted octanol–water partition coefficient (Wildman–Crippen LogP) is 1.78. The standard InChI is InChI=1S/C15H22N4O2/c1-11(17-16-5)15(4)18(20)13(14(2,3)19(15)21)12-9-7-6-8-10-12/h6-10,16,21H,1-5H3/b17-11+. The molecular weight excluding hydrogens is 268 g/mol. The SMILES string of the molecule is CN/N=C(\C)C1(C)N(O)C(C)(C)C(c2ccccc2)=[N+]1[O-]. The molecule has 1 unspecified atom stereocenters. The Balaban J connectivity index is 2.68. The van der Waals surface area contributed by atoms with Crippen molar-refractivity contribution in [1.82, 2.24) is 10.5 Å². The molecule has 0 fully saturated rings. The molecule has 1 aliphatic heterocycles. The normalized spacial score (nSPS) is 26.3. The molecule has 1 heterocycles. The minimum atomic E-state index is -1.25. The van der Waals surface area contributed by atoms with Crippen LogP contribution in [0.4, 0.5) is 0 Å². The Kier molecular flexibility index (Phi) is 3.78. The van der Waals surface area contributed by atoms with Gasteiger partial charge in [0.25, 0.3) is 5.66 Å². The van der Waals surface area contributed by atoms with E-state index in [0.717, 1.165) is 15.4 Å². The molecule has 0 spiro atoms. The van der Waals surface area contributed by atoms with Crippen molar-refractivity contribution >= 4 is 11.4 Å². The number of hydrogen-bond acceptors (Lipinski definition) is 5. The molecule has 1 atom stereocenters. The van der Waals surface area contributed by atoms with Gasteiger partial charge >= 0.3 is 0 Å². The second kappa shape index (κ2) is 5.13. The van der Waals surface area contributed by atoms with Crippen LogP contribution in [0.1, 0.15) is 33.3 Å². The third-order valence-electron chi connectivity index (χ3n) is 4.13. The Morgan fingerprint density at radius 2 is 1.86 bits per heavy atom. The van der Waals surface area contributed by atoms with Gasteiger partial charge in [-0.1, -0.05) is 18.2 Å². The summed E-state index contributed by atoms with van der Waals surface area (Å²) in [7, 11) is 1.66. The third-order valence-corrected chi connectivity index (χ3v) is 4.13. The van der Waals surface area contributed by atoms with E-state index in [4.69, 9.17) is 0 Å². The highest BCUT2D eigenvalue weighted by Crippen LogP contribution is 2.35. The largest absolute Gasteiger partial charge is 0.622 e. The monoisotopic (exact) mass is 290 g/mol. The zero-order valence-electron chi connectivity index (χ0n) is 13.1. The van der Waals surface area contributed by atoms with Gasteiger partial charge in [0, 0.05) is 19.5 Å². The van der Waals surface area contributed by atoms with E-state index >= 15 is 0 Å². The second-order valence-corrected chi connectivity index (χ2v) is 5.82. The molecule has 0 radical (unpaired) electrons. The van der Waals surface area contributed by atoms with Gasteiger partial charge in [0.2, 0.25) is 5.71 Å². The fraction of sp³-hybridized carbons (Fsp3) is 0.467. The number of hydrogen-bond donors (Lipinski definition) is 2. The molecule has 0 aliphatic carbocycles. The minimum Gasteiger partial charge on any atom is -0.622 e. The Morgan fingerprint density at radius 3 is 2.38 bits per heavy atom. The lowest BCUT2D eigenvalue weighted by Gasteiger charge is -2.32. The summed E-state index contributed by atoms with van der Waals surface area (Å²) in [4.78, 5) is 0. The summed E-state index contributed by atoms with van der Waals surface area (Å²) in [5, 5.41) is 28.7. The summed E-state index contributed by atoms with van der Waals surface area (Å²) >= 11 is 0. The van der Waals surface area contributed by atoms with E-state index in [0.29, 0.717) is 11.4 Å². The lowest BCUT2D eigenvalue weighted by Crippen LogP contribution is -2.57. The highest BCUT2D eigenvalue weighted by molar-refractivity contribution is 6.06. The van der Waals surface area contributed by atoms with Crippen molar-refractivity contribution in [2.24, 2.45) is 5.10 Å². The molecule has 1 aliphatic rings. The molecule has 6 nitrogen and oxygen atoms in total. The van der Waals surface area contributed by atoms with E-state index in [1.54, 1.807) is 20.9 Å². The van der Waals surface area contributed by atoms with E-state index < -0.39 is 11.2 Å². The summed E-state index contributed by atoms with van der Waals surface area (Å²) in [6.07, 6.45) is 0. The Morgan fingerprint density at radius 1 is 1.29 bits per heavy atom. The van der Waals surface area contributed by atoms with E-state index in [-0.39, 0.29) is 0 Å². The van der Waals surface area contributed by atoms with Crippen LogP contribution < -0.4 is 5.43 Å². The molecule has 0 saturated carbocycles. The van der Waals surface area contributed by atoms with Crippen LogP contribution in [-0.2, 0) is 0 Å². The van der Waals surface area contributed by atoms with E-state index in [9.17, 15) is 10.4 Å². The van der Waals surface area contributed by atoms with Crippen molar-refractivity contribution in [3.8, 4) is 0 Å². The summed E-state index contributed by atoms with van der Waals surface area (Å²) in [5.74, 6) is 0. The van der Waals surface area contributed by atoms with Crippen molar-refractivity contribution < 1.29 is 9.95 Å². The van der Waals surface area contributed by atoms with Crippen LogP contribution >= 0.6 is 0 Å². The molecule has 0 saturated heterocycles. The van der Waals surface area contributed by atoms with Gasteiger partial charge in [0.1, 0.15) is 11.3 Å². The first-order valence-electron chi connectivity index (χ1n) is 6.88. The van der Waals surface area contributed by atoms with Gasteiger partial charge in [-0.15, -0.1) is 5.06 Å². The zero-order valence-corrected chi connectivity index (χ0v) is 13.1. The van der Waals surface area contributed by atoms with Crippen LogP contribution in [0.2, 0.25) is 0 Å². The maximum absolute atomic E-state index is 12.9. The molecular formula is C15H22N4O2. The van der Waals surface area contributed by atoms with Gasteiger partial charge in [0.15, 0.2) is 0 Å². The van der Waals surface area contributed by atoms with Gasteiger partial charge in [-0.2, -0.15) is 9.84 Å². The number of benzene rings is 1. The van der Waals surface area contributed by atoms with Crippen LogP contribution in [0.25, 0.3) is 0 Å². The van der Waals surface area contributed by atoms with E-state index in [2.05, 4.69) is 10.5 Å². The number of nitrogens with zero attached hydrogens (tertiary/aromatic N) is 3. The van der Waals surface area contributed by atoms with Gasteiger partial charge < -0.3 is 15.8 Å². The van der Waals surface area contributed by atoms with Gasteiger partial charge in [-0.05, 0) is 32.9 Å². The minimum absolute atomic E-state index is 0.488. The fourth-order valence-corrected chi connectivity index (χ4v) is 2.84. The zero-order chi connectivity index (χ0) is 15.8. The molecule has 2 rings (SSSR count). The van der Waals surface area contributed by atoms with Crippen LogP contribution in [0.3, 0.4) is 0 Å². The fourth-order valence-electron chi connectivity index (χ4n) is 2.84. The first kappa shape index (κ1) is 15.5. The second-order valence-electron chi connectivity index (χ2n) is 5.82. The first-order valence-corrected chi connectivity index (χ1v) is 6.88. The molecule has 1 aromatic carbocycles. The van der Waals surface area contributed by atoms with Gasteiger partial charge in [0.05, 0.1) is 0 Å². The molecule has 2 N–H and O–H groups in total. The molecule has 1 aromatic rings. The molecule has 21 heavy (non-hydrogen) atoms. The highest BCUT2D eigenvalue weighted by atomic mass is 16.6. The summed E-state index contributed by atoms with van der Waals surface area (Å²) < 4.78 is 0.846. The summed E-state index contributed by atoms with van der Waals surface area (Å²) in [6, 6.07) is 9.37. The van der Waals surface area contributed by atoms with Crippen molar-refractivity contribution in [2.45, 2.75) is 38.9 Å². The Labute approximate surface area is 124 Å². The van der Waals surface area contributed by atoms with Crippen LogP contribution in [-0.4, -0.2) is 44.7 Å². The molecule has 114 valence electrons. The highest BCUT2D eigenvalue weighted by Gasteiger charge is 2.61. The number of rotatable bonds is 3. The quantitative estimate of drug-likeness (QED) is 0.385. The smallest absolute Gasteiger partial charge is 0.289 e. The Bertz CT molecular complexity index is 595. The maximum atomic E-state index is 12.9. The lowest BCUT2D eigenvalue weighted by atomic mass is 9.92. The topological polar surface area (TPSA) is 73.9 Å². The van der Waals surface area contributed by atoms with E-state index in [1.807, 2.05) is 44.2 Å². The predicted molar refractivity (Wildman–Crippen MR) is 82.5 cm³/mol. The average molecular weight is 290 g/mol. The van der Waals surface area contributed by atoms with Crippen molar-refractivity contribution in [3.63, 3.8) is 0 Å². The molecule has 0 amide bonds. The van der Waals surface area contributed by atoms with Crippen LogP contribution in [0.15, 0.2) is 35.4 Å². The van der Waals surface area contributed by atoms with Crippen molar-refractivity contribution in [3.05, 3.63) is 41.1 Å². The van der Waals surface area contributed by atoms with E-state index in [1.165, 1.54) is 0 Å². The summed E-state index contributed by atoms with van der Waals surface area (Å²) in [6.45, 7) is 7.01. The number of hydroxylamine groups is 3. The maximum Gasteiger partial charge on any atom is 0.289 e. The number of nitrogens with one attached hydrogen (secondary N) is 1. The van der Waals surface area contributed by atoms with Crippen LogP contribution in [0, 0.1) is 5.21 Å². The Hall–Kier alpha value is -1.92. The molecule has 6 heteroatoms. The van der Waals surface area contributed by atoms with Crippen LogP contribution in [0.5, 0.6) is 0 Å². The molecule has 0 bridgehead atoms. The third kappa shape index (κ3) is 2.11. The van der Waals surface area contributed by atoms with Gasteiger partial charge in [-0.3, -0.25) is 0 Å². The average Bonchev–Trinajstić information content (AvgIpc) is 2.59. The first-order chi connectivity index (χ1) is 9.77. The summed E-state index contributed by atoms with van der Waals surface area (Å²) in [5.41, 5.74) is 2.37. The van der Waals surface area contributed by atoms with Crippen molar-refractivity contribution in [1.29, 1.82) is 0 Å².